The van der Waals surface area contributed by atoms with Crippen LogP contribution in [0.5, 0.6) is 0 Å². The van der Waals surface area contributed by atoms with E-state index in [1.54, 1.807) is 7.11 Å². The molecular formula is C14H17BrN4O3. The monoisotopic (exact) mass is 368 g/mol. The van der Waals surface area contributed by atoms with Gasteiger partial charge in [-0.3, -0.25) is 10.1 Å². The summed E-state index contributed by atoms with van der Waals surface area (Å²) in [5.41, 5.74) is 1.18. The molecule has 0 saturated carbocycles. The second-order valence-electron chi connectivity index (χ2n) is 4.61. The SMILES string of the molecule is COCCNCCNc1c([N+](=O)[O-])cnc2ccc(Br)cc12. The van der Waals surface area contributed by atoms with Gasteiger partial charge in [-0.05, 0) is 18.2 Å². The van der Waals surface area contributed by atoms with Gasteiger partial charge >= 0.3 is 5.69 Å². The zero-order valence-corrected chi connectivity index (χ0v) is 13.7. The first-order chi connectivity index (χ1) is 10.6. The highest BCUT2D eigenvalue weighted by molar-refractivity contribution is 9.10. The highest BCUT2D eigenvalue weighted by Crippen LogP contribution is 2.32. The van der Waals surface area contributed by atoms with E-state index in [1.165, 1.54) is 6.20 Å². The number of nitrogens with one attached hydrogen (secondary N) is 2. The Balaban J connectivity index is 2.19. The number of anilines is 1. The van der Waals surface area contributed by atoms with Crippen LogP contribution < -0.4 is 10.6 Å². The molecule has 0 fully saturated rings. The summed E-state index contributed by atoms with van der Waals surface area (Å²) in [5, 5.41) is 18.2. The fourth-order valence-corrected chi connectivity index (χ4v) is 2.41. The topological polar surface area (TPSA) is 89.3 Å². The molecule has 0 saturated heterocycles. The lowest BCUT2D eigenvalue weighted by molar-refractivity contribution is -0.384. The van der Waals surface area contributed by atoms with E-state index in [2.05, 4.69) is 31.5 Å². The maximum Gasteiger partial charge on any atom is 0.311 e. The highest BCUT2D eigenvalue weighted by atomic mass is 79.9. The van der Waals surface area contributed by atoms with Crippen LogP contribution in [0.1, 0.15) is 0 Å². The molecule has 0 amide bonds. The number of rotatable bonds is 8. The fourth-order valence-electron chi connectivity index (χ4n) is 2.05. The Bertz CT molecular complexity index is 666. The van der Waals surface area contributed by atoms with Gasteiger partial charge in [-0.2, -0.15) is 0 Å². The van der Waals surface area contributed by atoms with E-state index in [9.17, 15) is 10.1 Å². The third-order valence-electron chi connectivity index (χ3n) is 3.09. The Morgan fingerprint density at radius 3 is 2.91 bits per heavy atom. The number of aromatic nitrogens is 1. The predicted octanol–water partition coefficient (Wildman–Crippen LogP) is 2.55. The van der Waals surface area contributed by atoms with Gasteiger partial charge < -0.3 is 15.4 Å². The summed E-state index contributed by atoms with van der Waals surface area (Å²) < 4.78 is 5.79. The van der Waals surface area contributed by atoms with Crippen molar-refractivity contribution in [3.8, 4) is 0 Å². The number of benzene rings is 1. The van der Waals surface area contributed by atoms with Crippen molar-refractivity contribution in [1.82, 2.24) is 10.3 Å². The Morgan fingerprint density at radius 1 is 1.36 bits per heavy atom. The minimum atomic E-state index is -0.423. The van der Waals surface area contributed by atoms with Crippen molar-refractivity contribution in [1.29, 1.82) is 0 Å². The summed E-state index contributed by atoms with van der Waals surface area (Å²) in [5.74, 6) is 0. The van der Waals surface area contributed by atoms with Gasteiger partial charge in [0.15, 0.2) is 0 Å². The first-order valence-corrected chi connectivity index (χ1v) is 7.59. The van der Waals surface area contributed by atoms with Crippen LogP contribution in [-0.4, -0.2) is 43.3 Å². The first kappa shape index (κ1) is 16.6. The zero-order chi connectivity index (χ0) is 15.9. The number of methoxy groups -OCH3 is 1. The lowest BCUT2D eigenvalue weighted by Gasteiger charge is -2.11. The van der Waals surface area contributed by atoms with E-state index in [-0.39, 0.29) is 5.69 Å². The molecule has 7 nitrogen and oxygen atoms in total. The molecule has 1 aromatic heterocycles. The fraction of sp³-hybridized carbons (Fsp3) is 0.357. The van der Waals surface area contributed by atoms with E-state index in [0.717, 1.165) is 16.4 Å². The Kier molecular flexibility index (Phi) is 6.05. The van der Waals surface area contributed by atoms with Gasteiger partial charge in [0.25, 0.3) is 0 Å². The summed E-state index contributed by atoms with van der Waals surface area (Å²) in [6, 6.07) is 5.51. The van der Waals surface area contributed by atoms with Crippen molar-refractivity contribution in [3.63, 3.8) is 0 Å². The number of pyridine rings is 1. The van der Waals surface area contributed by atoms with Gasteiger partial charge in [0, 0.05) is 36.6 Å². The lowest BCUT2D eigenvalue weighted by atomic mass is 10.1. The van der Waals surface area contributed by atoms with Crippen LogP contribution in [0.2, 0.25) is 0 Å². The number of halogens is 1. The summed E-state index contributed by atoms with van der Waals surface area (Å²) in [7, 11) is 1.64. The third kappa shape index (κ3) is 4.12. The number of fused-ring (bicyclic) bond motifs is 1. The van der Waals surface area contributed by atoms with Gasteiger partial charge in [-0.25, -0.2) is 4.98 Å². The molecule has 0 aliphatic rings. The lowest BCUT2D eigenvalue weighted by Crippen LogP contribution is -2.25. The molecule has 118 valence electrons. The third-order valence-corrected chi connectivity index (χ3v) is 3.59. The smallest absolute Gasteiger partial charge is 0.311 e. The van der Waals surface area contributed by atoms with Crippen LogP contribution in [-0.2, 0) is 4.74 Å². The minimum Gasteiger partial charge on any atom is -0.383 e. The molecule has 2 aromatic rings. The standard InChI is InChI=1S/C14H17BrN4O3/c1-22-7-6-16-4-5-17-14-11-8-10(15)2-3-12(11)18-9-13(14)19(20)21/h2-3,8-9,16H,4-7H2,1H3,(H,17,18). The molecule has 1 heterocycles. The number of hydrogen-bond acceptors (Lipinski definition) is 6. The van der Waals surface area contributed by atoms with Gasteiger partial charge in [0.05, 0.1) is 17.0 Å². The number of nitrogens with zero attached hydrogens (tertiary/aromatic N) is 2. The summed E-state index contributed by atoms with van der Waals surface area (Å²) >= 11 is 3.39. The molecule has 22 heavy (non-hydrogen) atoms. The van der Waals surface area contributed by atoms with Crippen molar-refractivity contribution < 1.29 is 9.66 Å². The number of hydrogen-bond donors (Lipinski definition) is 2. The molecule has 0 atom stereocenters. The molecule has 0 aliphatic heterocycles. The molecule has 0 spiro atoms. The van der Waals surface area contributed by atoms with Gasteiger partial charge in [-0.1, -0.05) is 15.9 Å². The van der Waals surface area contributed by atoms with Gasteiger partial charge in [-0.15, -0.1) is 0 Å². The second-order valence-corrected chi connectivity index (χ2v) is 5.52. The Labute approximate surface area is 136 Å². The second kappa shape index (κ2) is 8.02. The zero-order valence-electron chi connectivity index (χ0n) is 12.1. The molecule has 0 radical (unpaired) electrons. The van der Waals surface area contributed by atoms with E-state index in [4.69, 9.17) is 4.74 Å². The van der Waals surface area contributed by atoms with Crippen molar-refractivity contribution in [2.75, 3.05) is 38.7 Å². The average Bonchev–Trinajstić information content (AvgIpc) is 2.50. The van der Waals surface area contributed by atoms with Crippen LogP contribution in [0.4, 0.5) is 11.4 Å². The molecule has 1 aromatic carbocycles. The Morgan fingerprint density at radius 2 is 2.18 bits per heavy atom. The maximum absolute atomic E-state index is 11.2. The van der Waals surface area contributed by atoms with E-state index >= 15 is 0 Å². The van der Waals surface area contributed by atoms with Crippen molar-refractivity contribution >= 4 is 38.2 Å². The largest absolute Gasteiger partial charge is 0.383 e. The van der Waals surface area contributed by atoms with E-state index in [0.29, 0.717) is 30.9 Å². The number of nitro groups is 1. The molecule has 2 N–H and O–H groups in total. The van der Waals surface area contributed by atoms with Crippen LogP contribution in [0.25, 0.3) is 10.9 Å². The molecule has 0 bridgehead atoms. The molecule has 8 heteroatoms. The predicted molar refractivity (Wildman–Crippen MR) is 89.3 cm³/mol. The van der Waals surface area contributed by atoms with Gasteiger partial charge in [0.2, 0.25) is 0 Å². The normalized spacial score (nSPS) is 10.8. The molecule has 0 unspecified atom stereocenters. The van der Waals surface area contributed by atoms with Crippen LogP contribution >= 0.6 is 15.9 Å². The summed E-state index contributed by atoms with van der Waals surface area (Å²) in [6.45, 7) is 2.61. The van der Waals surface area contributed by atoms with Gasteiger partial charge in [0.1, 0.15) is 11.9 Å². The molecule has 2 rings (SSSR count). The average molecular weight is 369 g/mol. The molecular weight excluding hydrogens is 352 g/mol. The van der Waals surface area contributed by atoms with Crippen LogP contribution in [0, 0.1) is 10.1 Å². The summed E-state index contributed by atoms with van der Waals surface area (Å²) in [4.78, 5) is 14.9. The van der Waals surface area contributed by atoms with Crippen molar-refractivity contribution in [2.45, 2.75) is 0 Å². The van der Waals surface area contributed by atoms with Crippen molar-refractivity contribution in [2.24, 2.45) is 0 Å². The van der Waals surface area contributed by atoms with Crippen molar-refractivity contribution in [3.05, 3.63) is 39.0 Å². The van der Waals surface area contributed by atoms with Crippen LogP contribution in [0.15, 0.2) is 28.9 Å². The first-order valence-electron chi connectivity index (χ1n) is 6.79. The van der Waals surface area contributed by atoms with E-state index < -0.39 is 4.92 Å². The quantitative estimate of drug-likeness (QED) is 0.422. The summed E-state index contributed by atoms with van der Waals surface area (Å²) in [6.07, 6.45) is 1.29. The Hall–Kier alpha value is -1.77. The minimum absolute atomic E-state index is 0.0255. The molecule has 0 aliphatic carbocycles. The highest BCUT2D eigenvalue weighted by Gasteiger charge is 2.17. The number of ether oxygens (including phenoxy) is 1. The van der Waals surface area contributed by atoms with Crippen LogP contribution in [0.3, 0.4) is 0 Å². The van der Waals surface area contributed by atoms with E-state index in [1.807, 2.05) is 18.2 Å². The maximum atomic E-state index is 11.2.